The largest absolute Gasteiger partial charge is 0.459 e. The number of urea groups is 1. The molecule has 28 heavy (non-hydrogen) atoms. The van der Waals surface area contributed by atoms with E-state index in [2.05, 4.69) is 15.6 Å². The zero-order chi connectivity index (χ0) is 19.4. The molecule has 0 atom stereocenters. The highest BCUT2D eigenvalue weighted by Gasteiger charge is 2.22. The molecule has 1 saturated heterocycles. The zero-order valence-corrected chi connectivity index (χ0v) is 18.5. The van der Waals surface area contributed by atoms with Gasteiger partial charge in [0.2, 0.25) is 0 Å². The van der Waals surface area contributed by atoms with Crippen molar-refractivity contribution >= 4 is 46.9 Å². The molecule has 0 saturated carbocycles. The number of likely N-dealkylation sites (tertiary alicyclic amines) is 1. The molecular weight excluding hydrogens is 476 g/mol. The minimum Gasteiger partial charge on any atom is -0.459 e. The van der Waals surface area contributed by atoms with Crippen LogP contribution >= 0.6 is 24.0 Å². The van der Waals surface area contributed by atoms with Gasteiger partial charge in [-0.1, -0.05) is 0 Å². The number of fused-ring (bicyclic) bond motifs is 1. The predicted molar refractivity (Wildman–Crippen MR) is 118 cm³/mol. The molecule has 0 radical (unpaired) electrons. The average molecular weight is 503 g/mol. The van der Waals surface area contributed by atoms with E-state index in [1.165, 1.54) is 12.1 Å². The Hall–Kier alpha value is -2.04. The van der Waals surface area contributed by atoms with E-state index in [1.54, 1.807) is 11.0 Å². The number of nitrogens with zero attached hydrogens (tertiary/aromatic N) is 2. The fourth-order valence-corrected chi connectivity index (χ4v) is 3.30. The number of piperidine rings is 1. The number of carbonyl (C=O) groups is 1. The fraction of sp³-hybridized carbons (Fsp3) is 0.474. The summed E-state index contributed by atoms with van der Waals surface area (Å²) in [5, 5.41) is 7.41. The lowest BCUT2D eigenvalue weighted by molar-refractivity contribution is 0.188. The Morgan fingerprint density at radius 1 is 1.39 bits per heavy atom. The van der Waals surface area contributed by atoms with Crippen molar-refractivity contribution in [2.45, 2.75) is 39.3 Å². The Morgan fingerprint density at radius 2 is 2.11 bits per heavy atom. The molecule has 1 aromatic carbocycles. The number of amides is 2. The van der Waals surface area contributed by atoms with Gasteiger partial charge in [-0.15, -0.1) is 24.0 Å². The molecule has 154 valence electrons. The lowest BCUT2D eigenvalue weighted by Gasteiger charge is -2.32. The lowest BCUT2D eigenvalue weighted by Crippen LogP contribution is -2.50. The number of aryl methyl sites for hydroxylation is 1. The molecule has 2 amide bonds. The van der Waals surface area contributed by atoms with E-state index in [4.69, 9.17) is 10.2 Å². The number of aliphatic imine (C=N–C) groups is 1. The molecule has 3 rings (SSSR count). The topological polar surface area (TPSA) is 95.9 Å². The first-order valence-corrected chi connectivity index (χ1v) is 9.24. The summed E-state index contributed by atoms with van der Waals surface area (Å²) >= 11 is 0. The molecule has 2 heterocycles. The molecule has 2 aromatic rings. The molecule has 1 aliphatic rings. The van der Waals surface area contributed by atoms with Crippen LogP contribution < -0.4 is 16.4 Å². The van der Waals surface area contributed by atoms with Gasteiger partial charge >= 0.3 is 6.03 Å². The van der Waals surface area contributed by atoms with E-state index in [-0.39, 0.29) is 41.9 Å². The van der Waals surface area contributed by atoms with Crippen molar-refractivity contribution in [1.29, 1.82) is 0 Å². The van der Waals surface area contributed by atoms with Crippen LogP contribution in [-0.4, -0.2) is 42.6 Å². The molecule has 1 aromatic heterocycles. The minimum absolute atomic E-state index is 0. The van der Waals surface area contributed by atoms with Crippen LogP contribution in [0.5, 0.6) is 0 Å². The van der Waals surface area contributed by atoms with E-state index in [0.29, 0.717) is 31.2 Å². The number of benzene rings is 1. The molecule has 0 aliphatic carbocycles. The molecule has 0 unspecified atom stereocenters. The number of primary amides is 1. The molecule has 0 spiro atoms. The van der Waals surface area contributed by atoms with Gasteiger partial charge in [0.25, 0.3) is 0 Å². The summed E-state index contributed by atoms with van der Waals surface area (Å²) in [6.45, 7) is 6.29. The molecule has 9 heteroatoms. The third-order valence-corrected chi connectivity index (χ3v) is 4.87. The Balaban J connectivity index is 0.00000280. The van der Waals surface area contributed by atoms with E-state index in [1.807, 2.05) is 13.8 Å². The van der Waals surface area contributed by atoms with Crippen molar-refractivity contribution in [3.63, 3.8) is 0 Å². The number of hydrogen-bond acceptors (Lipinski definition) is 3. The maximum absolute atomic E-state index is 13.5. The third kappa shape index (κ3) is 5.27. The van der Waals surface area contributed by atoms with Gasteiger partial charge in [-0.25, -0.2) is 14.2 Å². The highest BCUT2D eigenvalue weighted by atomic mass is 127. The van der Waals surface area contributed by atoms with Gasteiger partial charge in [0.1, 0.15) is 23.7 Å². The van der Waals surface area contributed by atoms with Gasteiger partial charge in [-0.3, -0.25) is 0 Å². The number of halogens is 2. The minimum atomic E-state index is -0.370. The van der Waals surface area contributed by atoms with E-state index in [9.17, 15) is 9.18 Å². The number of rotatable bonds is 4. The smallest absolute Gasteiger partial charge is 0.314 e. The average Bonchev–Trinajstić information content (AvgIpc) is 2.96. The van der Waals surface area contributed by atoms with Crippen molar-refractivity contribution in [2.75, 3.05) is 19.6 Å². The van der Waals surface area contributed by atoms with Crippen molar-refractivity contribution < 1.29 is 13.6 Å². The highest BCUT2D eigenvalue weighted by Crippen LogP contribution is 2.26. The van der Waals surface area contributed by atoms with Crippen LogP contribution in [0.1, 0.15) is 31.1 Å². The summed E-state index contributed by atoms with van der Waals surface area (Å²) in [6.07, 6.45) is 1.63. The summed E-state index contributed by atoms with van der Waals surface area (Å²) in [6, 6.07) is 4.37. The summed E-state index contributed by atoms with van der Waals surface area (Å²) < 4.78 is 19.3. The Morgan fingerprint density at radius 3 is 2.75 bits per heavy atom. The summed E-state index contributed by atoms with van der Waals surface area (Å²) in [7, 11) is 0. The van der Waals surface area contributed by atoms with Gasteiger partial charge in [0, 0.05) is 36.6 Å². The second-order valence-corrected chi connectivity index (χ2v) is 6.73. The Bertz CT molecular complexity index is 846. The normalized spacial score (nSPS) is 15.4. The van der Waals surface area contributed by atoms with Crippen LogP contribution in [0, 0.1) is 12.7 Å². The molecule has 4 N–H and O–H groups in total. The van der Waals surface area contributed by atoms with Crippen LogP contribution in [-0.2, 0) is 6.54 Å². The maximum atomic E-state index is 13.5. The number of nitrogens with two attached hydrogens (primary N) is 1. The number of furan rings is 1. The van der Waals surface area contributed by atoms with Crippen molar-refractivity contribution in [2.24, 2.45) is 10.7 Å². The molecule has 1 fully saturated rings. The van der Waals surface area contributed by atoms with Crippen LogP contribution in [0.4, 0.5) is 9.18 Å². The van der Waals surface area contributed by atoms with E-state index < -0.39 is 0 Å². The maximum Gasteiger partial charge on any atom is 0.314 e. The quantitative estimate of drug-likeness (QED) is 0.340. The first kappa shape index (κ1) is 22.3. The molecule has 1 aliphatic heterocycles. The van der Waals surface area contributed by atoms with Crippen molar-refractivity contribution in [3.05, 3.63) is 35.3 Å². The van der Waals surface area contributed by atoms with Crippen molar-refractivity contribution in [1.82, 2.24) is 15.5 Å². The monoisotopic (exact) mass is 503 g/mol. The van der Waals surface area contributed by atoms with Gasteiger partial charge < -0.3 is 25.7 Å². The number of carbonyl (C=O) groups excluding carboxylic acids is 1. The second-order valence-electron chi connectivity index (χ2n) is 6.73. The summed E-state index contributed by atoms with van der Waals surface area (Å²) in [5.74, 6) is 1.14. The van der Waals surface area contributed by atoms with Gasteiger partial charge in [0.15, 0.2) is 5.96 Å². The predicted octanol–water partition coefficient (Wildman–Crippen LogP) is 3.10. The SMILES string of the molecule is CCNC(=NCc1oc2ccc(F)cc2c1C)NC1CCN(C(N)=O)CC1.I. The molecular formula is C19H27FIN5O2. The lowest BCUT2D eigenvalue weighted by atomic mass is 10.1. The first-order chi connectivity index (χ1) is 13.0. The number of nitrogens with one attached hydrogen (secondary N) is 2. The Kier molecular flexibility index (Phi) is 7.90. The molecule has 7 nitrogen and oxygen atoms in total. The van der Waals surface area contributed by atoms with Gasteiger partial charge in [-0.2, -0.15) is 0 Å². The number of hydrogen-bond donors (Lipinski definition) is 3. The van der Waals surface area contributed by atoms with Crippen LogP contribution in [0.25, 0.3) is 11.0 Å². The fourth-order valence-electron chi connectivity index (χ4n) is 3.30. The van der Waals surface area contributed by atoms with Crippen LogP contribution in [0.2, 0.25) is 0 Å². The molecule has 0 bridgehead atoms. The summed E-state index contributed by atoms with van der Waals surface area (Å²) in [4.78, 5) is 17.5. The zero-order valence-electron chi connectivity index (χ0n) is 16.1. The Labute approximate surface area is 180 Å². The third-order valence-electron chi connectivity index (χ3n) is 4.87. The van der Waals surface area contributed by atoms with Crippen LogP contribution in [0.3, 0.4) is 0 Å². The van der Waals surface area contributed by atoms with E-state index in [0.717, 1.165) is 36.1 Å². The number of guanidine groups is 1. The van der Waals surface area contributed by atoms with E-state index >= 15 is 0 Å². The van der Waals surface area contributed by atoms with Crippen LogP contribution in [0.15, 0.2) is 27.6 Å². The van der Waals surface area contributed by atoms with Crippen molar-refractivity contribution in [3.8, 4) is 0 Å². The first-order valence-electron chi connectivity index (χ1n) is 9.24. The second kappa shape index (κ2) is 9.94. The standard InChI is InChI=1S/C19H26FN5O2.HI/c1-3-22-19(24-14-6-8-25(9-7-14)18(21)26)23-11-17-12(2)15-10-13(20)4-5-16(15)27-17;/h4-5,10,14H,3,6-9,11H2,1-2H3,(H2,21,26)(H2,22,23,24);1H. The summed E-state index contributed by atoms with van der Waals surface area (Å²) in [5.41, 5.74) is 6.89. The highest BCUT2D eigenvalue weighted by molar-refractivity contribution is 14.0. The van der Waals surface area contributed by atoms with Gasteiger partial charge in [0.05, 0.1) is 0 Å². The van der Waals surface area contributed by atoms with Gasteiger partial charge in [-0.05, 0) is 44.9 Å².